The number of ketones is 1. The van der Waals surface area contributed by atoms with Crippen LogP contribution in [0.5, 0.6) is 0 Å². The van der Waals surface area contributed by atoms with Crippen molar-refractivity contribution in [2.75, 3.05) is 0 Å². The van der Waals surface area contributed by atoms with E-state index < -0.39 is 20.1 Å². The van der Waals surface area contributed by atoms with E-state index in [2.05, 4.69) is 26.2 Å². The average Bonchev–Trinajstić information content (AvgIpc) is 1.95. The minimum atomic E-state index is -1.32. The van der Waals surface area contributed by atoms with Crippen molar-refractivity contribution in [3.8, 4) is 0 Å². The number of Topliss-reactive ketones (excluding diaryl/α,β-unsaturated/α-hetero) is 1. The summed E-state index contributed by atoms with van der Waals surface area (Å²) in [6.07, 6.45) is -0.755. The maximum Gasteiger partial charge on any atom is 0.303 e. The van der Waals surface area contributed by atoms with E-state index in [1.54, 1.807) is 0 Å². The summed E-state index contributed by atoms with van der Waals surface area (Å²) in [4.78, 5) is 22.1. The van der Waals surface area contributed by atoms with E-state index in [-0.39, 0.29) is 5.78 Å². The second-order valence-corrected chi connectivity index (χ2v) is 10.5. The van der Waals surface area contributed by atoms with Gasteiger partial charge in [0.15, 0.2) is 11.9 Å². The smallest absolute Gasteiger partial charge is 0.303 e. The molecule has 0 aromatic heterocycles. The van der Waals surface area contributed by atoms with Crippen molar-refractivity contribution < 1.29 is 14.3 Å². The molecule has 0 saturated heterocycles. The van der Waals surface area contributed by atoms with Crippen molar-refractivity contribution in [1.82, 2.24) is 0 Å². The molecule has 1 unspecified atom stereocenters. The molecule has 0 N–H and O–H groups in total. The van der Waals surface area contributed by atoms with Crippen LogP contribution in [-0.4, -0.2) is 25.9 Å². The molecule has 0 spiro atoms. The Hall–Kier alpha value is -0.903. The number of carbonyl (C=O) groups excluding carboxylic acids is 2. The molecule has 0 aromatic carbocycles. The summed E-state index contributed by atoms with van der Waals surface area (Å²) < 4.78 is 4.95. The Morgan fingerprint density at radius 1 is 1.27 bits per heavy atom. The molecule has 0 aliphatic rings. The lowest BCUT2D eigenvalue weighted by atomic mass is 10.1. The SMILES string of the molecule is C=C(C[Si](C)(C)C)C(OC(C)=O)C(C)=O. The summed E-state index contributed by atoms with van der Waals surface area (Å²) in [5.41, 5.74) is 0.719. The van der Waals surface area contributed by atoms with Crippen molar-refractivity contribution in [3.05, 3.63) is 12.2 Å². The maximum atomic E-state index is 11.3. The van der Waals surface area contributed by atoms with Crippen LogP contribution in [0, 0.1) is 0 Å². The summed E-state index contributed by atoms with van der Waals surface area (Å²) in [6, 6.07) is 0.796. The molecule has 0 saturated carbocycles. The molecular formula is C11H20O3Si. The number of rotatable bonds is 5. The first-order valence-corrected chi connectivity index (χ1v) is 8.69. The lowest BCUT2D eigenvalue weighted by Gasteiger charge is -2.22. The van der Waals surface area contributed by atoms with E-state index in [1.807, 2.05) is 0 Å². The molecular weight excluding hydrogens is 208 g/mol. The largest absolute Gasteiger partial charge is 0.450 e. The fourth-order valence-corrected chi connectivity index (χ4v) is 2.94. The van der Waals surface area contributed by atoms with Crippen molar-refractivity contribution in [2.24, 2.45) is 0 Å². The topological polar surface area (TPSA) is 43.4 Å². The van der Waals surface area contributed by atoms with Gasteiger partial charge in [0.05, 0.1) is 0 Å². The van der Waals surface area contributed by atoms with E-state index in [0.717, 1.165) is 11.6 Å². The first kappa shape index (κ1) is 14.1. The van der Waals surface area contributed by atoms with Crippen molar-refractivity contribution in [1.29, 1.82) is 0 Å². The quantitative estimate of drug-likeness (QED) is 0.412. The summed E-state index contributed by atoms with van der Waals surface area (Å²) >= 11 is 0. The zero-order valence-electron chi connectivity index (χ0n) is 10.2. The van der Waals surface area contributed by atoms with Crippen LogP contribution in [0.1, 0.15) is 13.8 Å². The molecule has 0 aliphatic heterocycles. The number of hydrogen-bond acceptors (Lipinski definition) is 3. The summed E-state index contributed by atoms with van der Waals surface area (Å²) in [6.45, 7) is 13.1. The molecule has 86 valence electrons. The van der Waals surface area contributed by atoms with Gasteiger partial charge in [0.2, 0.25) is 0 Å². The van der Waals surface area contributed by atoms with Gasteiger partial charge in [-0.05, 0) is 18.5 Å². The molecule has 3 nitrogen and oxygen atoms in total. The van der Waals surface area contributed by atoms with Gasteiger partial charge < -0.3 is 4.74 Å². The molecule has 0 fully saturated rings. The van der Waals surface area contributed by atoms with E-state index >= 15 is 0 Å². The molecule has 0 rings (SSSR count). The summed E-state index contributed by atoms with van der Waals surface area (Å²) in [5, 5.41) is 0. The minimum absolute atomic E-state index is 0.159. The van der Waals surface area contributed by atoms with Gasteiger partial charge in [-0.1, -0.05) is 26.2 Å². The first-order chi connectivity index (χ1) is 6.63. The highest BCUT2D eigenvalue weighted by Gasteiger charge is 2.25. The fourth-order valence-electron chi connectivity index (χ4n) is 1.39. The maximum absolute atomic E-state index is 11.3. The van der Waals surface area contributed by atoms with Crippen molar-refractivity contribution in [3.63, 3.8) is 0 Å². The Balaban J connectivity index is 4.57. The lowest BCUT2D eigenvalue weighted by Crippen LogP contribution is -2.30. The van der Waals surface area contributed by atoms with E-state index in [9.17, 15) is 9.59 Å². The second kappa shape index (κ2) is 5.26. The molecule has 15 heavy (non-hydrogen) atoms. The van der Waals surface area contributed by atoms with Crippen LogP contribution >= 0.6 is 0 Å². The van der Waals surface area contributed by atoms with Crippen molar-refractivity contribution in [2.45, 2.75) is 45.6 Å². The zero-order valence-corrected chi connectivity index (χ0v) is 11.2. The Bertz CT molecular complexity index is 276. The monoisotopic (exact) mass is 228 g/mol. The van der Waals surface area contributed by atoms with Crippen LogP contribution in [0.15, 0.2) is 12.2 Å². The molecule has 0 aliphatic carbocycles. The predicted octanol–water partition coefficient (Wildman–Crippen LogP) is 2.40. The number of carbonyl (C=O) groups is 2. The van der Waals surface area contributed by atoms with Gasteiger partial charge in [-0.2, -0.15) is 0 Å². The summed E-state index contributed by atoms with van der Waals surface area (Å²) in [5.74, 6) is -0.597. The fraction of sp³-hybridized carbons (Fsp3) is 0.636. The number of esters is 1. The molecule has 4 heteroatoms. The summed E-state index contributed by atoms with van der Waals surface area (Å²) in [7, 11) is -1.32. The highest BCUT2D eigenvalue weighted by molar-refractivity contribution is 6.76. The van der Waals surface area contributed by atoms with Crippen LogP contribution in [0.25, 0.3) is 0 Å². The minimum Gasteiger partial charge on any atom is -0.450 e. The van der Waals surface area contributed by atoms with E-state index in [1.165, 1.54) is 13.8 Å². The Labute approximate surface area is 92.5 Å². The third-order valence-electron chi connectivity index (χ3n) is 1.78. The van der Waals surface area contributed by atoms with Crippen LogP contribution in [-0.2, 0) is 14.3 Å². The molecule has 0 radical (unpaired) electrons. The average molecular weight is 228 g/mol. The second-order valence-electron chi connectivity index (χ2n) is 5.00. The molecule has 0 bridgehead atoms. The molecule has 0 aromatic rings. The Morgan fingerprint density at radius 2 is 1.73 bits per heavy atom. The number of hydrogen-bond donors (Lipinski definition) is 0. The van der Waals surface area contributed by atoms with E-state index in [4.69, 9.17) is 4.74 Å². The molecule has 0 heterocycles. The van der Waals surface area contributed by atoms with Gasteiger partial charge in [-0.25, -0.2) is 0 Å². The highest BCUT2D eigenvalue weighted by Crippen LogP contribution is 2.20. The molecule has 1 atom stereocenters. The number of ether oxygens (including phenoxy) is 1. The van der Waals surface area contributed by atoms with Crippen LogP contribution in [0.2, 0.25) is 25.7 Å². The highest BCUT2D eigenvalue weighted by atomic mass is 28.3. The Kier molecular flexibility index (Phi) is 4.94. The van der Waals surface area contributed by atoms with Gasteiger partial charge in [-0.3, -0.25) is 9.59 Å². The van der Waals surface area contributed by atoms with Gasteiger partial charge in [0.1, 0.15) is 0 Å². The Morgan fingerprint density at radius 3 is 2.00 bits per heavy atom. The normalized spacial score (nSPS) is 13.1. The predicted molar refractivity (Wildman–Crippen MR) is 63.5 cm³/mol. The van der Waals surface area contributed by atoms with Gasteiger partial charge >= 0.3 is 5.97 Å². The van der Waals surface area contributed by atoms with Gasteiger partial charge in [-0.15, -0.1) is 0 Å². The molecule has 0 amide bonds. The van der Waals surface area contributed by atoms with Crippen LogP contribution < -0.4 is 0 Å². The third-order valence-corrected chi connectivity index (χ3v) is 3.30. The van der Waals surface area contributed by atoms with Gasteiger partial charge in [0.25, 0.3) is 0 Å². The standard InChI is InChI=1S/C11H20O3Si/c1-8(7-15(4,5)6)11(9(2)12)14-10(3)13/h11H,1,7H2,2-6H3. The first-order valence-electron chi connectivity index (χ1n) is 4.99. The third kappa shape index (κ3) is 6.22. The van der Waals surface area contributed by atoms with Crippen molar-refractivity contribution >= 4 is 19.8 Å². The van der Waals surface area contributed by atoms with Gasteiger partial charge in [0, 0.05) is 15.0 Å². The van der Waals surface area contributed by atoms with Crippen LogP contribution in [0.3, 0.4) is 0 Å². The van der Waals surface area contributed by atoms with Crippen LogP contribution in [0.4, 0.5) is 0 Å². The lowest BCUT2D eigenvalue weighted by molar-refractivity contribution is -0.150. The zero-order chi connectivity index (χ0) is 12.2. The van der Waals surface area contributed by atoms with E-state index in [0.29, 0.717) is 0 Å².